The predicted molar refractivity (Wildman–Crippen MR) is 46.6 cm³/mol. The molecule has 0 aliphatic carbocycles. The van der Waals surface area contributed by atoms with Crippen molar-refractivity contribution in [3.63, 3.8) is 0 Å². The van der Waals surface area contributed by atoms with Gasteiger partial charge in [0, 0.05) is 5.69 Å². The van der Waals surface area contributed by atoms with Crippen LogP contribution in [0.2, 0.25) is 5.02 Å². The molecule has 0 unspecified atom stereocenters. The Kier molecular flexibility index (Phi) is 2.76. The highest BCUT2D eigenvalue weighted by molar-refractivity contribution is 6.33. The fraction of sp³-hybridized carbons (Fsp3) is 0. The lowest BCUT2D eigenvalue weighted by Gasteiger charge is -1.99. The van der Waals surface area contributed by atoms with Gasteiger partial charge in [0.1, 0.15) is 5.69 Å². The Bertz CT molecular complexity index is 314. The summed E-state index contributed by atoms with van der Waals surface area (Å²) in [4.78, 5) is 20.1. The minimum Gasteiger partial charge on any atom is -0.329 e. The summed E-state index contributed by atoms with van der Waals surface area (Å²) in [7, 11) is 0. The normalized spacial score (nSPS) is 9.08. The Morgan fingerprint density at radius 2 is 2.25 bits per heavy atom. The summed E-state index contributed by atoms with van der Waals surface area (Å²) in [6, 6.07) is 4.42. The van der Waals surface area contributed by atoms with E-state index in [4.69, 9.17) is 11.6 Å². The first-order chi connectivity index (χ1) is 5.77. The molecule has 0 saturated heterocycles. The summed E-state index contributed by atoms with van der Waals surface area (Å²) in [6.07, 6.45) is 0.527. The van der Waals surface area contributed by atoms with E-state index in [-0.39, 0.29) is 10.7 Å². The van der Waals surface area contributed by atoms with E-state index in [1.165, 1.54) is 18.2 Å². The van der Waals surface area contributed by atoms with Crippen molar-refractivity contribution in [3.8, 4) is 0 Å². The van der Waals surface area contributed by atoms with Crippen molar-refractivity contribution in [2.45, 2.75) is 0 Å². The molecule has 1 rings (SSSR count). The third-order valence-electron chi connectivity index (χ3n) is 1.27. The highest BCUT2D eigenvalue weighted by Gasteiger charge is 2.00. The van der Waals surface area contributed by atoms with Crippen LogP contribution in [-0.2, 0) is 4.79 Å². The summed E-state index contributed by atoms with van der Waals surface area (Å²) in [6.45, 7) is 0. The van der Waals surface area contributed by atoms with Gasteiger partial charge in [-0.25, -0.2) is 0 Å². The van der Waals surface area contributed by atoms with Crippen molar-refractivity contribution >= 4 is 29.4 Å². The molecule has 0 aromatic heterocycles. The number of carbonyl (C=O) groups excluding carboxylic acids is 1. The lowest BCUT2D eigenvalue weighted by Crippen LogP contribution is -1.92. The SMILES string of the molecule is O=CNc1ccc(N=O)c(Cl)c1. The number of halogens is 1. The van der Waals surface area contributed by atoms with Gasteiger partial charge in [0.15, 0.2) is 0 Å². The Labute approximate surface area is 73.5 Å². The van der Waals surface area contributed by atoms with Gasteiger partial charge in [-0.3, -0.25) is 4.79 Å². The minimum atomic E-state index is 0.160. The van der Waals surface area contributed by atoms with Gasteiger partial charge in [-0.05, 0) is 23.4 Å². The Hall–Kier alpha value is -1.42. The van der Waals surface area contributed by atoms with Crippen LogP contribution in [-0.4, -0.2) is 6.41 Å². The lowest BCUT2D eigenvalue weighted by atomic mass is 10.3. The van der Waals surface area contributed by atoms with Crippen LogP contribution in [0.25, 0.3) is 0 Å². The zero-order valence-electron chi connectivity index (χ0n) is 5.95. The summed E-state index contributed by atoms with van der Waals surface area (Å²) in [5, 5.41) is 5.28. The number of hydrogen-bond donors (Lipinski definition) is 1. The summed E-state index contributed by atoms with van der Waals surface area (Å²) < 4.78 is 0. The third-order valence-corrected chi connectivity index (χ3v) is 1.57. The van der Waals surface area contributed by atoms with Crippen LogP contribution in [0, 0.1) is 4.91 Å². The van der Waals surface area contributed by atoms with Crippen molar-refractivity contribution in [3.05, 3.63) is 28.1 Å². The van der Waals surface area contributed by atoms with Crippen molar-refractivity contribution in [1.82, 2.24) is 0 Å². The van der Waals surface area contributed by atoms with E-state index in [1.54, 1.807) is 0 Å². The molecule has 0 aliphatic heterocycles. The second kappa shape index (κ2) is 3.82. The highest BCUT2D eigenvalue weighted by Crippen LogP contribution is 2.27. The van der Waals surface area contributed by atoms with Gasteiger partial charge >= 0.3 is 0 Å². The molecule has 0 fully saturated rings. The second-order valence-corrected chi connectivity index (χ2v) is 2.43. The Morgan fingerprint density at radius 3 is 2.75 bits per heavy atom. The molecule has 1 amide bonds. The number of rotatable bonds is 3. The zero-order valence-corrected chi connectivity index (χ0v) is 6.71. The van der Waals surface area contributed by atoms with E-state index in [1.807, 2.05) is 0 Å². The van der Waals surface area contributed by atoms with Crippen molar-refractivity contribution in [2.75, 3.05) is 5.32 Å². The number of amides is 1. The maximum absolute atomic E-state index is 10.1. The Morgan fingerprint density at radius 1 is 1.50 bits per heavy atom. The van der Waals surface area contributed by atoms with E-state index in [0.717, 1.165) is 0 Å². The third kappa shape index (κ3) is 1.79. The number of anilines is 1. The lowest BCUT2D eigenvalue weighted by molar-refractivity contribution is -0.105. The maximum Gasteiger partial charge on any atom is 0.211 e. The molecule has 4 nitrogen and oxygen atoms in total. The molecule has 1 aromatic rings. The van der Waals surface area contributed by atoms with Gasteiger partial charge in [-0.1, -0.05) is 11.6 Å². The van der Waals surface area contributed by atoms with E-state index in [9.17, 15) is 9.70 Å². The number of nitrogens with zero attached hydrogens (tertiary/aromatic N) is 1. The fourth-order valence-electron chi connectivity index (χ4n) is 0.739. The summed E-state index contributed by atoms with van der Waals surface area (Å²) >= 11 is 5.62. The van der Waals surface area contributed by atoms with Gasteiger partial charge in [-0.2, -0.15) is 0 Å². The van der Waals surface area contributed by atoms with Crippen LogP contribution in [0.15, 0.2) is 23.4 Å². The molecule has 0 saturated carbocycles. The van der Waals surface area contributed by atoms with Crippen LogP contribution in [0.4, 0.5) is 11.4 Å². The molecular weight excluding hydrogens is 180 g/mol. The molecule has 0 spiro atoms. The highest BCUT2D eigenvalue weighted by atomic mass is 35.5. The van der Waals surface area contributed by atoms with E-state index >= 15 is 0 Å². The van der Waals surface area contributed by atoms with Crippen molar-refractivity contribution in [2.24, 2.45) is 5.18 Å². The van der Waals surface area contributed by atoms with Gasteiger partial charge in [0.2, 0.25) is 6.41 Å². The standard InChI is InChI=1S/C7H5ClN2O2/c8-6-3-5(9-4-11)1-2-7(6)10-12/h1-4H,(H,9,11). The van der Waals surface area contributed by atoms with E-state index < -0.39 is 0 Å². The molecule has 5 heteroatoms. The monoisotopic (exact) mass is 184 g/mol. The number of benzene rings is 1. The molecule has 0 bridgehead atoms. The van der Waals surface area contributed by atoms with Crippen LogP contribution in [0.3, 0.4) is 0 Å². The average molecular weight is 185 g/mol. The molecule has 12 heavy (non-hydrogen) atoms. The molecule has 0 aliphatic rings. The Balaban J connectivity index is 3.00. The van der Waals surface area contributed by atoms with E-state index in [0.29, 0.717) is 12.1 Å². The van der Waals surface area contributed by atoms with Gasteiger partial charge in [0.25, 0.3) is 0 Å². The number of nitroso groups, excluding NO2 is 1. The van der Waals surface area contributed by atoms with Gasteiger partial charge in [-0.15, -0.1) is 4.91 Å². The first-order valence-corrected chi connectivity index (χ1v) is 3.49. The molecule has 0 heterocycles. The van der Waals surface area contributed by atoms with Gasteiger partial charge in [0.05, 0.1) is 5.02 Å². The van der Waals surface area contributed by atoms with E-state index in [2.05, 4.69) is 10.5 Å². The molecule has 0 atom stereocenters. The van der Waals surface area contributed by atoms with Crippen LogP contribution < -0.4 is 5.32 Å². The van der Waals surface area contributed by atoms with Crippen molar-refractivity contribution < 1.29 is 4.79 Å². The largest absolute Gasteiger partial charge is 0.329 e. The quantitative estimate of drug-likeness (QED) is 0.579. The first-order valence-electron chi connectivity index (χ1n) is 3.11. The maximum atomic E-state index is 10.1. The average Bonchev–Trinajstić information content (AvgIpc) is 2.05. The smallest absolute Gasteiger partial charge is 0.211 e. The van der Waals surface area contributed by atoms with Crippen LogP contribution >= 0.6 is 11.6 Å². The summed E-state index contributed by atoms with van der Waals surface area (Å²) in [5.74, 6) is 0. The molecule has 1 N–H and O–H groups in total. The fourth-order valence-corrected chi connectivity index (χ4v) is 0.954. The number of carbonyl (C=O) groups is 1. The van der Waals surface area contributed by atoms with Crippen molar-refractivity contribution in [1.29, 1.82) is 0 Å². The minimum absolute atomic E-state index is 0.160. The predicted octanol–water partition coefficient (Wildman–Crippen LogP) is 2.31. The number of hydrogen-bond acceptors (Lipinski definition) is 3. The molecule has 1 aromatic carbocycles. The van der Waals surface area contributed by atoms with Crippen LogP contribution in [0.5, 0.6) is 0 Å². The topological polar surface area (TPSA) is 58.5 Å². The van der Waals surface area contributed by atoms with Crippen LogP contribution in [0.1, 0.15) is 0 Å². The molecule has 62 valence electrons. The second-order valence-electron chi connectivity index (χ2n) is 2.02. The summed E-state index contributed by atoms with van der Waals surface area (Å²) in [5.41, 5.74) is 0.690. The molecule has 0 radical (unpaired) electrons. The zero-order chi connectivity index (χ0) is 8.97. The first kappa shape index (κ1) is 8.67. The number of nitrogens with one attached hydrogen (secondary N) is 1. The van der Waals surface area contributed by atoms with Gasteiger partial charge < -0.3 is 5.32 Å². The molecular formula is C7H5ClN2O2.